The summed E-state index contributed by atoms with van der Waals surface area (Å²) in [6.07, 6.45) is -4.61. The molecule has 0 bridgehead atoms. The molecule has 0 amide bonds. The van der Waals surface area contributed by atoms with Crippen LogP contribution < -0.4 is 10.1 Å². The molecule has 1 heterocycles. The van der Waals surface area contributed by atoms with E-state index in [1.54, 1.807) is 13.0 Å². The Hall–Kier alpha value is -1.94. The zero-order valence-corrected chi connectivity index (χ0v) is 11.9. The molecule has 122 valence electrons. The third-order valence-corrected chi connectivity index (χ3v) is 3.32. The summed E-state index contributed by atoms with van der Waals surface area (Å²) in [5.41, 5.74) is -0.132. The lowest BCUT2D eigenvalue weighted by atomic mass is 10.1. The van der Waals surface area contributed by atoms with E-state index in [0.29, 0.717) is 12.4 Å². The third kappa shape index (κ3) is 3.28. The normalized spacial score (nSPS) is 27.6. The summed E-state index contributed by atoms with van der Waals surface area (Å²) in [5, 5.41) is 42.3. The summed E-state index contributed by atoms with van der Waals surface area (Å²) < 4.78 is 10.4. The van der Waals surface area contributed by atoms with Crippen molar-refractivity contribution in [3.8, 4) is 5.75 Å². The Morgan fingerprint density at radius 1 is 1.41 bits per heavy atom. The SMILES string of the molecule is CCOc1ccc(N[C@@H]2O[C@H](CO)[C@@H](O)[C@@H]2O)c([N+](=O)[O-])c1. The summed E-state index contributed by atoms with van der Waals surface area (Å²) in [7, 11) is 0. The van der Waals surface area contributed by atoms with Crippen LogP contribution in [0.25, 0.3) is 0 Å². The second-order valence-electron chi connectivity index (χ2n) is 4.77. The second kappa shape index (κ2) is 6.88. The highest BCUT2D eigenvalue weighted by Crippen LogP contribution is 2.32. The fourth-order valence-electron chi connectivity index (χ4n) is 2.21. The molecule has 0 radical (unpaired) electrons. The Morgan fingerprint density at radius 3 is 2.68 bits per heavy atom. The molecule has 1 aliphatic rings. The first-order valence-electron chi connectivity index (χ1n) is 6.78. The highest BCUT2D eigenvalue weighted by molar-refractivity contribution is 5.64. The molecular formula is C13H18N2O7. The Morgan fingerprint density at radius 2 is 2.14 bits per heavy atom. The quantitative estimate of drug-likeness (QED) is 0.420. The van der Waals surface area contributed by atoms with Gasteiger partial charge in [-0.25, -0.2) is 0 Å². The number of rotatable bonds is 6. The maximum atomic E-state index is 11.1. The van der Waals surface area contributed by atoms with Gasteiger partial charge in [-0.2, -0.15) is 0 Å². The monoisotopic (exact) mass is 314 g/mol. The summed E-state index contributed by atoms with van der Waals surface area (Å²) in [6, 6.07) is 4.23. The summed E-state index contributed by atoms with van der Waals surface area (Å²) in [4.78, 5) is 10.5. The lowest BCUT2D eigenvalue weighted by Gasteiger charge is -2.18. The summed E-state index contributed by atoms with van der Waals surface area (Å²) >= 11 is 0. The van der Waals surface area contributed by atoms with Crippen LogP contribution in [0.5, 0.6) is 5.75 Å². The van der Waals surface area contributed by atoms with Gasteiger partial charge in [0.05, 0.1) is 24.2 Å². The Balaban J connectivity index is 2.20. The van der Waals surface area contributed by atoms with Crippen molar-refractivity contribution in [1.82, 2.24) is 0 Å². The maximum Gasteiger partial charge on any atom is 0.296 e. The van der Waals surface area contributed by atoms with Crippen molar-refractivity contribution in [3.05, 3.63) is 28.3 Å². The van der Waals surface area contributed by atoms with Crippen molar-refractivity contribution < 1.29 is 29.7 Å². The minimum Gasteiger partial charge on any atom is -0.494 e. The van der Waals surface area contributed by atoms with Crippen LogP contribution in [-0.2, 0) is 4.74 Å². The number of anilines is 1. The van der Waals surface area contributed by atoms with E-state index in [1.807, 2.05) is 0 Å². The first-order chi connectivity index (χ1) is 10.5. The number of benzene rings is 1. The fraction of sp³-hybridized carbons (Fsp3) is 0.538. The van der Waals surface area contributed by atoms with E-state index in [-0.39, 0.29) is 11.4 Å². The van der Waals surface area contributed by atoms with Gasteiger partial charge >= 0.3 is 0 Å². The molecule has 1 saturated heterocycles. The van der Waals surface area contributed by atoms with Crippen LogP contribution in [-0.4, -0.2) is 58.0 Å². The van der Waals surface area contributed by atoms with E-state index in [1.165, 1.54) is 12.1 Å². The zero-order valence-electron chi connectivity index (χ0n) is 11.9. The molecule has 0 aliphatic carbocycles. The highest BCUT2D eigenvalue weighted by Gasteiger charge is 2.42. The number of hydrogen-bond acceptors (Lipinski definition) is 8. The molecule has 9 heteroatoms. The molecule has 4 N–H and O–H groups in total. The molecule has 4 atom stereocenters. The summed E-state index contributed by atoms with van der Waals surface area (Å²) in [5.74, 6) is 0.348. The average Bonchev–Trinajstić information content (AvgIpc) is 2.76. The van der Waals surface area contributed by atoms with Crippen molar-refractivity contribution in [2.24, 2.45) is 0 Å². The molecule has 22 heavy (non-hydrogen) atoms. The smallest absolute Gasteiger partial charge is 0.296 e. The number of aliphatic hydroxyl groups is 3. The molecule has 0 aromatic heterocycles. The third-order valence-electron chi connectivity index (χ3n) is 3.32. The van der Waals surface area contributed by atoms with E-state index < -0.39 is 36.1 Å². The molecule has 0 spiro atoms. The van der Waals surface area contributed by atoms with E-state index in [0.717, 1.165) is 0 Å². The minimum absolute atomic E-state index is 0.114. The Labute approximate surface area is 126 Å². The first-order valence-corrected chi connectivity index (χ1v) is 6.78. The van der Waals surface area contributed by atoms with Gasteiger partial charge in [0.15, 0.2) is 6.23 Å². The number of aliphatic hydroxyl groups excluding tert-OH is 3. The van der Waals surface area contributed by atoms with Crippen molar-refractivity contribution in [2.75, 3.05) is 18.5 Å². The van der Waals surface area contributed by atoms with Crippen molar-refractivity contribution in [2.45, 2.75) is 31.5 Å². The van der Waals surface area contributed by atoms with Crippen LogP contribution in [0.2, 0.25) is 0 Å². The molecule has 0 unspecified atom stereocenters. The van der Waals surface area contributed by atoms with Crippen molar-refractivity contribution in [3.63, 3.8) is 0 Å². The Kier molecular flexibility index (Phi) is 5.14. The number of nitro benzene ring substituents is 1. The predicted molar refractivity (Wildman–Crippen MR) is 75.6 cm³/mol. The standard InChI is InChI=1S/C13H18N2O7/c1-2-21-7-3-4-8(9(5-7)15(19)20)14-13-12(18)11(17)10(6-16)22-13/h3-5,10-14,16-18H,2,6H2,1H3/t10-,11-,12+,13-/m1/s1. The predicted octanol–water partition coefficient (Wildman–Crippen LogP) is -0.156. The molecule has 1 aliphatic heterocycles. The minimum atomic E-state index is -1.32. The number of ether oxygens (including phenoxy) is 2. The number of nitrogens with one attached hydrogen (secondary N) is 1. The molecule has 1 aromatic carbocycles. The number of nitro groups is 1. The van der Waals surface area contributed by atoms with Gasteiger partial charge in [-0.3, -0.25) is 10.1 Å². The fourth-order valence-corrected chi connectivity index (χ4v) is 2.21. The van der Waals surface area contributed by atoms with Gasteiger partial charge in [0.25, 0.3) is 5.69 Å². The van der Waals surface area contributed by atoms with Crippen molar-refractivity contribution in [1.29, 1.82) is 0 Å². The number of hydrogen-bond donors (Lipinski definition) is 4. The topological polar surface area (TPSA) is 134 Å². The number of nitrogens with zero attached hydrogens (tertiary/aromatic N) is 1. The van der Waals surface area contributed by atoms with E-state index >= 15 is 0 Å². The van der Waals surface area contributed by atoms with Gasteiger partial charge in [0.2, 0.25) is 0 Å². The largest absolute Gasteiger partial charge is 0.494 e. The zero-order chi connectivity index (χ0) is 16.3. The maximum absolute atomic E-state index is 11.1. The van der Waals surface area contributed by atoms with Gasteiger partial charge < -0.3 is 30.1 Å². The van der Waals surface area contributed by atoms with Gasteiger partial charge in [-0.15, -0.1) is 0 Å². The molecule has 1 aromatic rings. The van der Waals surface area contributed by atoms with Crippen LogP contribution in [0.4, 0.5) is 11.4 Å². The molecule has 0 saturated carbocycles. The summed E-state index contributed by atoms with van der Waals surface area (Å²) in [6.45, 7) is 1.66. The van der Waals surface area contributed by atoms with Crippen LogP contribution in [0.15, 0.2) is 18.2 Å². The van der Waals surface area contributed by atoms with Gasteiger partial charge in [-0.05, 0) is 19.1 Å². The Bertz CT molecular complexity index is 539. The van der Waals surface area contributed by atoms with Gasteiger partial charge in [-0.1, -0.05) is 0 Å². The average molecular weight is 314 g/mol. The van der Waals surface area contributed by atoms with Gasteiger partial charge in [0, 0.05) is 0 Å². The molecule has 2 rings (SSSR count). The van der Waals surface area contributed by atoms with Crippen LogP contribution in [0.3, 0.4) is 0 Å². The lowest BCUT2D eigenvalue weighted by Crippen LogP contribution is -2.36. The van der Waals surface area contributed by atoms with E-state index in [9.17, 15) is 20.3 Å². The molecule has 1 fully saturated rings. The van der Waals surface area contributed by atoms with E-state index in [4.69, 9.17) is 14.6 Å². The van der Waals surface area contributed by atoms with E-state index in [2.05, 4.69) is 5.32 Å². The first kappa shape index (κ1) is 16.4. The van der Waals surface area contributed by atoms with Crippen LogP contribution >= 0.6 is 0 Å². The van der Waals surface area contributed by atoms with Gasteiger partial charge in [0.1, 0.15) is 29.7 Å². The second-order valence-corrected chi connectivity index (χ2v) is 4.77. The molecule has 9 nitrogen and oxygen atoms in total. The van der Waals surface area contributed by atoms with Crippen molar-refractivity contribution >= 4 is 11.4 Å². The highest BCUT2D eigenvalue weighted by atomic mass is 16.6. The van der Waals surface area contributed by atoms with Crippen LogP contribution in [0, 0.1) is 10.1 Å². The lowest BCUT2D eigenvalue weighted by molar-refractivity contribution is -0.384. The van der Waals surface area contributed by atoms with Crippen LogP contribution in [0.1, 0.15) is 6.92 Å². The molecular weight excluding hydrogens is 296 g/mol.